The predicted octanol–water partition coefficient (Wildman–Crippen LogP) is 5.09. The Morgan fingerprint density at radius 2 is 1.38 bits per heavy atom. The van der Waals surface area contributed by atoms with Crippen LogP contribution in [-0.2, 0) is 0 Å². The normalized spacial score (nSPS) is 17.3. The average Bonchev–Trinajstić information content (AvgIpc) is 2.61. The number of methoxy groups -OCH3 is 1. The maximum atomic E-state index is 12.2. The molecule has 0 aliphatic heterocycles. The minimum atomic E-state index is -0.156. The summed E-state index contributed by atoms with van der Waals surface area (Å²) in [6.07, 6.45) is 13.7. The summed E-state index contributed by atoms with van der Waals surface area (Å²) in [6.45, 7) is 0. The molecule has 0 saturated heterocycles. The number of carbonyl (C=O) groups is 1. The third kappa shape index (κ3) is 6.73. The van der Waals surface area contributed by atoms with Crippen molar-refractivity contribution in [3.63, 3.8) is 0 Å². The highest BCUT2D eigenvalue weighted by molar-refractivity contribution is 5.95. The van der Waals surface area contributed by atoms with Crippen molar-refractivity contribution in [2.75, 3.05) is 7.11 Å². The second kappa shape index (κ2) is 10.8. The summed E-state index contributed by atoms with van der Waals surface area (Å²) in [5.41, 5.74) is 4.47. The van der Waals surface area contributed by atoms with E-state index in [0.717, 1.165) is 24.3 Å². The number of hydrogen-bond donors (Lipinski definition) is 1. The van der Waals surface area contributed by atoms with Crippen LogP contribution in [0, 0.1) is 0 Å². The molecule has 2 rings (SSSR count). The molecular weight excluding hydrogens is 300 g/mol. The molecule has 1 fully saturated rings. The number of benzene rings is 1. The van der Waals surface area contributed by atoms with Crippen LogP contribution in [0.3, 0.4) is 0 Å². The molecular formula is C20H30N2O2. The van der Waals surface area contributed by atoms with Crippen LogP contribution in [0.5, 0.6) is 5.75 Å². The van der Waals surface area contributed by atoms with E-state index in [1.807, 2.05) is 0 Å². The molecule has 4 heteroatoms. The molecule has 0 spiro atoms. The van der Waals surface area contributed by atoms with Crippen LogP contribution >= 0.6 is 0 Å². The van der Waals surface area contributed by atoms with Crippen molar-refractivity contribution in [1.29, 1.82) is 0 Å². The molecule has 1 N–H and O–H groups in total. The van der Waals surface area contributed by atoms with Gasteiger partial charge in [0.15, 0.2) is 0 Å². The van der Waals surface area contributed by atoms with Gasteiger partial charge in [-0.05, 0) is 49.9 Å². The van der Waals surface area contributed by atoms with Crippen molar-refractivity contribution in [3.05, 3.63) is 29.8 Å². The first kappa shape index (κ1) is 18.5. The Bertz CT molecular complexity index is 509. The smallest absolute Gasteiger partial charge is 0.271 e. The number of amides is 1. The SMILES string of the molecule is COc1ccc(C(=O)NN=C2CCCCCCCCCCC2)cc1. The van der Waals surface area contributed by atoms with Gasteiger partial charge in [0.05, 0.1) is 7.11 Å². The molecule has 0 radical (unpaired) electrons. The summed E-state index contributed by atoms with van der Waals surface area (Å²) < 4.78 is 5.11. The summed E-state index contributed by atoms with van der Waals surface area (Å²) >= 11 is 0. The maximum Gasteiger partial charge on any atom is 0.271 e. The molecule has 0 aromatic heterocycles. The molecule has 1 aromatic carbocycles. The van der Waals surface area contributed by atoms with Gasteiger partial charge in [-0.3, -0.25) is 4.79 Å². The number of hydrogen-bond acceptors (Lipinski definition) is 3. The number of ether oxygens (including phenoxy) is 1. The second-order valence-corrected chi connectivity index (χ2v) is 6.53. The van der Waals surface area contributed by atoms with E-state index in [9.17, 15) is 4.79 Å². The highest BCUT2D eigenvalue weighted by atomic mass is 16.5. The van der Waals surface area contributed by atoms with Gasteiger partial charge >= 0.3 is 0 Å². The standard InChI is InChI=1S/C20H30N2O2/c1-24-19-15-13-17(14-16-19)20(23)22-21-18-11-9-7-5-3-2-4-6-8-10-12-18/h13-16H,2-12H2,1H3,(H,22,23). The number of nitrogens with one attached hydrogen (secondary N) is 1. The van der Waals surface area contributed by atoms with Crippen LogP contribution in [0.1, 0.15) is 81.0 Å². The van der Waals surface area contributed by atoms with Crippen molar-refractivity contribution in [3.8, 4) is 5.75 Å². The van der Waals surface area contributed by atoms with E-state index in [0.29, 0.717) is 5.56 Å². The van der Waals surface area contributed by atoms with Gasteiger partial charge < -0.3 is 4.74 Å². The molecule has 0 atom stereocenters. The Labute approximate surface area is 145 Å². The molecule has 0 heterocycles. The molecule has 132 valence electrons. The molecule has 1 aliphatic carbocycles. The van der Waals surface area contributed by atoms with Crippen LogP contribution in [-0.4, -0.2) is 18.7 Å². The van der Waals surface area contributed by atoms with Crippen molar-refractivity contribution in [2.24, 2.45) is 5.10 Å². The zero-order chi connectivity index (χ0) is 17.0. The molecule has 0 bridgehead atoms. The minimum absolute atomic E-state index is 0.156. The van der Waals surface area contributed by atoms with Gasteiger partial charge in [0.2, 0.25) is 0 Å². The molecule has 1 amide bonds. The van der Waals surface area contributed by atoms with E-state index in [2.05, 4.69) is 10.5 Å². The fourth-order valence-corrected chi connectivity index (χ4v) is 3.07. The fraction of sp³-hybridized carbons (Fsp3) is 0.600. The Morgan fingerprint density at radius 1 is 0.875 bits per heavy atom. The minimum Gasteiger partial charge on any atom is -0.497 e. The quantitative estimate of drug-likeness (QED) is 0.785. The Morgan fingerprint density at radius 3 is 1.88 bits per heavy atom. The summed E-state index contributed by atoms with van der Waals surface area (Å²) in [4.78, 5) is 12.2. The number of rotatable bonds is 3. The highest BCUT2D eigenvalue weighted by Gasteiger charge is 2.07. The monoisotopic (exact) mass is 330 g/mol. The third-order valence-corrected chi connectivity index (χ3v) is 4.60. The topological polar surface area (TPSA) is 50.7 Å². The van der Waals surface area contributed by atoms with E-state index in [1.165, 1.54) is 57.8 Å². The van der Waals surface area contributed by atoms with Crippen LogP contribution < -0.4 is 10.2 Å². The first-order valence-corrected chi connectivity index (χ1v) is 9.29. The van der Waals surface area contributed by atoms with Crippen molar-refractivity contribution < 1.29 is 9.53 Å². The lowest BCUT2D eigenvalue weighted by Crippen LogP contribution is -2.19. The number of hydrazone groups is 1. The van der Waals surface area contributed by atoms with Gasteiger partial charge in [0.1, 0.15) is 5.75 Å². The van der Waals surface area contributed by atoms with Gasteiger partial charge in [-0.15, -0.1) is 0 Å². The number of nitrogens with zero attached hydrogens (tertiary/aromatic N) is 1. The molecule has 1 aliphatic rings. The van der Waals surface area contributed by atoms with Gasteiger partial charge in [-0.25, -0.2) is 5.43 Å². The first-order chi connectivity index (χ1) is 11.8. The third-order valence-electron chi connectivity index (χ3n) is 4.60. The van der Waals surface area contributed by atoms with Gasteiger partial charge in [-0.1, -0.05) is 44.9 Å². The van der Waals surface area contributed by atoms with Gasteiger partial charge in [0.25, 0.3) is 5.91 Å². The lowest BCUT2D eigenvalue weighted by Gasteiger charge is -2.10. The lowest BCUT2D eigenvalue weighted by atomic mass is 10.00. The van der Waals surface area contributed by atoms with E-state index < -0.39 is 0 Å². The largest absolute Gasteiger partial charge is 0.497 e. The summed E-state index contributed by atoms with van der Waals surface area (Å²) in [6, 6.07) is 7.10. The van der Waals surface area contributed by atoms with E-state index in [1.54, 1.807) is 31.4 Å². The fourth-order valence-electron chi connectivity index (χ4n) is 3.07. The molecule has 1 aromatic rings. The van der Waals surface area contributed by atoms with Crippen molar-refractivity contribution >= 4 is 11.6 Å². The second-order valence-electron chi connectivity index (χ2n) is 6.53. The summed E-state index contributed by atoms with van der Waals surface area (Å²) in [5, 5.41) is 4.42. The van der Waals surface area contributed by atoms with Crippen LogP contribution in [0.2, 0.25) is 0 Å². The molecule has 0 unspecified atom stereocenters. The van der Waals surface area contributed by atoms with E-state index in [-0.39, 0.29) is 5.91 Å². The van der Waals surface area contributed by atoms with E-state index in [4.69, 9.17) is 4.74 Å². The Hall–Kier alpha value is -1.84. The van der Waals surface area contributed by atoms with Crippen molar-refractivity contribution in [2.45, 2.75) is 70.6 Å². The maximum absolute atomic E-state index is 12.2. The number of carbonyl (C=O) groups excluding carboxylic acids is 1. The van der Waals surface area contributed by atoms with Crippen LogP contribution in [0.25, 0.3) is 0 Å². The van der Waals surface area contributed by atoms with Crippen LogP contribution in [0.4, 0.5) is 0 Å². The van der Waals surface area contributed by atoms with Gasteiger partial charge in [-0.2, -0.15) is 5.10 Å². The average molecular weight is 330 g/mol. The van der Waals surface area contributed by atoms with Gasteiger partial charge in [0, 0.05) is 11.3 Å². The summed E-state index contributed by atoms with van der Waals surface area (Å²) in [7, 11) is 1.62. The zero-order valence-corrected chi connectivity index (χ0v) is 14.9. The Balaban J connectivity index is 1.88. The first-order valence-electron chi connectivity index (χ1n) is 9.29. The Kier molecular flexibility index (Phi) is 8.36. The van der Waals surface area contributed by atoms with Crippen molar-refractivity contribution in [1.82, 2.24) is 5.43 Å². The highest BCUT2D eigenvalue weighted by Crippen LogP contribution is 2.15. The molecule has 1 saturated carbocycles. The lowest BCUT2D eigenvalue weighted by molar-refractivity contribution is 0.0954. The zero-order valence-electron chi connectivity index (χ0n) is 14.9. The predicted molar refractivity (Wildman–Crippen MR) is 98.7 cm³/mol. The molecule has 4 nitrogen and oxygen atoms in total. The van der Waals surface area contributed by atoms with Crippen LogP contribution in [0.15, 0.2) is 29.4 Å². The van der Waals surface area contributed by atoms with E-state index >= 15 is 0 Å². The molecule has 24 heavy (non-hydrogen) atoms. The summed E-state index contributed by atoms with van der Waals surface area (Å²) in [5.74, 6) is 0.591.